The summed E-state index contributed by atoms with van der Waals surface area (Å²) in [5.74, 6) is 0.282. The van der Waals surface area contributed by atoms with E-state index in [1.165, 1.54) is 0 Å². The van der Waals surface area contributed by atoms with Crippen molar-refractivity contribution < 1.29 is 8.42 Å². The Hall–Kier alpha value is -0.130. The van der Waals surface area contributed by atoms with Crippen LogP contribution in [0.25, 0.3) is 0 Å². The number of nitrogens with zero attached hydrogens (tertiary/aromatic N) is 1. The van der Waals surface area contributed by atoms with Gasteiger partial charge in [0.05, 0.1) is 5.75 Å². The third kappa shape index (κ3) is 3.43. The Morgan fingerprint density at radius 2 is 2.06 bits per heavy atom. The molecule has 1 rings (SSSR count). The standard InChI is InChI=1S/C11H24N2O2S/c1-5-6-7-16(14,15)13-9-11(3,4)12-8-10(13)2/h10,12H,5-9H2,1-4H3. The fourth-order valence-corrected chi connectivity index (χ4v) is 3.97. The Morgan fingerprint density at radius 3 is 2.62 bits per heavy atom. The molecule has 0 radical (unpaired) electrons. The van der Waals surface area contributed by atoms with E-state index in [-0.39, 0.29) is 17.3 Å². The van der Waals surface area contributed by atoms with E-state index in [0.717, 1.165) is 19.4 Å². The lowest BCUT2D eigenvalue weighted by Crippen LogP contribution is -2.62. The lowest BCUT2D eigenvalue weighted by Gasteiger charge is -2.42. The summed E-state index contributed by atoms with van der Waals surface area (Å²) in [6.07, 6.45) is 1.67. The molecule has 1 N–H and O–H groups in total. The molecule has 0 amide bonds. The van der Waals surface area contributed by atoms with E-state index in [1.54, 1.807) is 4.31 Å². The Morgan fingerprint density at radius 1 is 1.44 bits per heavy atom. The first-order chi connectivity index (χ1) is 7.28. The molecule has 0 bridgehead atoms. The van der Waals surface area contributed by atoms with Crippen LogP contribution in [0.1, 0.15) is 40.5 Å². The lowest BCUT2D eigenvalue weighted by molar-refractivity contribution is 0.184. The van der Waals surface area contributed by atoms with Gasteiger partial charge in [-0.2, -0.15) is 4.31 Å². The maximum atomic E-state index is 12.1. The van der Waals surface area contributed by atoms with E-state index in [1.807, 2.05) is 27.7 Å². The topological polar surface area (TPSA) is 49.4 Å². The fourth-order valence-electron chi connectivity index (χ4n) is 1.94. The second kappa shape index (κ2) is 5.02. The molecule has 0 aromatic heterocycles. The summed E-state index contributed by atoms with van der Waals surface area (Å²) >= 11 is 0. The molecule has 1 aliphatic heterocycles. The molecular weight excluding hydrogens is 224 g/mol. The maximum Gasteiger partial charge on any atom is 0.214 e. The monoisotopic (exact) mass is 248 g/mol. The zero-order chi connectivity index (χ0) is 12.4. The van der Waals surface area contributed by atoms with Gasteiger partial charge < -0.3 is 5.32 Å². The van der Waals surface area contributed by atoms with Gasteiger partial charge in [-0.3, -0.25) is 0 Å². The molecule has 16 heavy (non-hydrogen) atoms. The van der Waals surface area contributed by atoms with Crippen molar-refractivity contribution in [3.05, 3.63) is 0 Å². The van der Waals surface area contributed by atoms with E-state index in [4.69, 9.17) is 0 Å². The first-order valence-electron chi connectivity index (χ1n) is 6.03. The highest BCUT2D eigenvalue weighted by atomic mass is 32.2. The van der Waals surface area contributed by atoms with Crippen molar-refractivity contribution in [3.63, 3.8) is 0 Å². The largest absolute Gasteiger partial charge is 0.309 e. The average molecular weight is 248 g/mol. The Kier molecular flexibility index (Phi) is 4.37. The predicted molar refractivity (Wildman–Crippen MR) is 66.9 cm³/mol. The van der Waals surface area contributed by atoms with Gasteiger partial charge in [-0.1, -0.05) is 13.3 Å². The quantitative estimate of drug-likeness (QED) is 0.813. The predicted octanol–water partition coefficient (Wildman–Crippen LogP) is 1.19. The molecule has 1 heterocycles. The second-order valence-electron chi connectivity index (χ2n) is 5.33. The van der Waals surface area contributed by atoms with E-state index < -0.39 is 10.0 Å². The van der Waals surface area contributed by atoms with E-state index in [9.17, 15) is 8.42 Å². The van der Waals surface area contributed by atoms with Crippen molar-refractivity contribution in [2.75, 3.05) is 18.8 Å². The number of unbranched alkanes of at least 4 members (excludes halogenated alkanes) is 1. The van der Waals surface area contributed by atoms with Gasteiger partial charge in [0.15, 0.2) is 0 Å². The molecule has 1 fully saturated rings. The summed E-state index contributed by atoms with van der Waals surface area (Å²) in [6.45, 7) is 9.37. The first-order valence-corrected chi connectivity index (χ1v) is 7.64. The summed E-state index contributed by atoms with van der Waals surface area (Å²) in [6, 6.07) is 0.0647. The van der Waals surface area contributed by atoms with Crippen LogP contribution in [0.4, 0.5) is 0 Å². The summed E-state index contributed by atoms with van der Waals surface area (Å²) in [4.78, 5) is 0. The van der Waals surface area contributed by atoms with Crippen LogP contribution in [0.15, 0.2) is 0 Å². The number of nitrogens with one attached hydrogen (secondary N) is 1. The highest BCUT2D eigenvalue weighted by Gasteiger charge is 2.36. The zero-order valence-electron chi connectivity index (χ0n) is 10.8. The summed E-state index contributed by atoms with van der Waals surface area (Å²) in [7, 11) is -3.07. The van der Waals surface area contributed by atoms with Crippen molar-refractivity contribution in [2.24, 2.45) is 0 Å². The molecule has 1 saturated heterocycles. The summed E-state index contributed by atoms with van der Waals surface area (Å²) in [5, 5.41) is 3.36. The summed E-state index contributed by atoms with van der Waals surface area (Å²) < 4.78 is 25.9. The molecule has 0 aromatic carbocycles. The van der Waals surface area contributed by atoms with Crippen LogP contribution in [-0.4, -0.2) is 43.1 Å². The van der Waals surface area contributed by atoms with Crippen molar-refractivity contribution in [1.29, 1.82) is 0 Å². The fraction of sp³-hybridized carbons (Fsp3) is 1.00. The maximum absolute atomic E-state index is 12.1. The van der Waals surface area contributed by atoms with Crippen LogP contribution in [0.2, 0.25) is 0 Å². The van der Waals surface area contributed by atoms with E-state index >= 15 is 0 Å². The molecule has 0 aromatic rings. The van der Waals surface area contributed by atoms with E-state index in [0.29, 0.717) is 6.54 Å². The van der Waals surface area contributed by atoms with Gasteiger partial charge in [0.25, 0.3) is 0 Å². The molecule has 4 nitrogen and oxygen atoms in total. The number of piperazine rings is 1. The molecule has 1 atom stereocenters. The second-order valence-corrected chi connectivity index (χ2v) is 7.37. The van der Waals surface area contributed by atoms with Crippen molar-refractivity contribution in [3.8, 4) is 0 Å². The van der Waals surface area contributed by atoms with Crippen molar-refractivity contribution in [1.82, 2.24) is 9.62 Å². The SMILES string of the molecule is CCCCS(=O)(=O)N1CC(C)(C)NCC1C. The number of rotatable bonds is 4. The Bertz CT molecular complexity index is 325. The normalized spacial score (nSPS) is 26.9. The highest BCUT2D eigenvalue weighted by molar-refractivity contribution is 7.89. The smallest absolute Gasteiger partial charge is 0.214 e. The van der Waals surface area contributed by atoms with E-state index in [2.05, 4.69) is 5.32 Å². The van der Waals surface area contributed by atoms with Crippen molar-refractivity contribution in [2.45, 2.75) is 52.1 Å². The molecular formula is C11H24N2O2S. The minimum absolute atomic E-state index is 0.0647. The number of hydrogen-bond donors (Lipinski definition) is 1. The van der Waals surface area contributed by atoms with Gasteiger partial charge in [-0.25, -0.2) is 8.42 Å². The molecule has 96 valence electrons. The lowest BCUT2D eigenvalue weighted by atomic mass is 10.0. The molecule has 5 heteroatoms. The van der Waals surface area contributed by atoms with Crippen LogP contribution >= 0.6 is 0 Å². The van der Waals surface area contributed by atoms with Gasteiger partial charge in [-0.05, 0) is 27.2 Å². The minimum Gasteiger partial charge on any atom is -0.309 e. The van der Waals surface area contributed by atoms with Gasteiger partial charge in [0.2, 0.25) is 10.0 Å². The molecule has 1 aliphatic rings. The van der Waals surface area contributed by atoms with Crippen LogP contribution in [0, 0.1) is 0 Å². The van der Waals surface area contributed by atoms with Gasteiger partial charge in [-0.15, -0.1) is 0 Å². The molecule has 1 unspecified atom stereocenters. The highest BCUT2D eigenvalue weighted by Crippen LogP contribution is 2.19. The third-order valence-electron chi connectivity index (χ3n) is 3.03. The average Bonchev–Trinajstić information content (AvgIpc) is 2.19. The number of hydrogen-bond acceptors (Lipinski definition) is 3. The van der Waals surface area contributed by atoms with Crippen LogP contribution < -0.4 is 5.32 Å². The number of sulfonamides is 1. The van der Waals surface area contributed by atoms with Crippen LogP contribution in [0.3, 0.4) is 0 Å². The first kappa shape index (κ1) is 13.9. The molecule has 0 spiro atoms. The molecule has 0 saturated carbocycles. The molecule has 0 aliphatic carbocycles. The third-order valence-corrected chi connectivity index (χ3v) is 5.04. The van der Waals surface area contributed by atoms with Gasteiger partial charge >= 0.3 is 0 Å². The Labute approximate surface area is 99.5 Å². The van der Waals surface area contributed by atoms with Gasteiger partial charge in [0.1, 0.15) is 0 Å². The summed E-state index contributed by atoms with van der Waals surface area (Å²) in [5.41, 5.74) is -0.119. The zero-order valence-corrected chi connectivity index (χ0v) is 11.6. The Balaban J connectivity index is 2.76. The van der Waals surface area contributed by atoms with Gasteiger partial charge in [0, 0.05) is 24.7 Å². The van der Waals surface area contributed by atoms with Crippen molar-refractivity contribution >= 4 is 10.0 Å². The van der Waals surface area contributed by atoms with Crippen LogP contribution in [0.5, 0.6) is 0 Å². The van der Waals surface area contributed by atoms with Crippen LogP contribution in [-0.2, 0) is 10.0 Å². The minimum atomic E-state index is -3.07.